The van der Waals surface area contributed by atoms with Gasteiger partial charge in [-0.2, -0.15) is 0 Å². The average Bonchev–Trinajstić information content (AvgIpc) is 2.23. The molecule has 0 N–H and O–H groups in total. The zero-order valence-corrected chi connectivity index (χ0v) is 10.6. The third-order valence-corrected chi connectivity index (χ3v) is 2.40. The molecule has 0 bridgehead atoms. The van der Waals surface area contributed by atoms with Crippen molar-refractivity contribution >= 4 is 10.9 Å². The van der Waals surface area contributed by atoms with Crippen molar-refractivity contribution in [2.75, 3.05) is 0 Å². The molecule has 2 heteroatoms. The SMILES string of the molecule is CC.Cc1cc(C)c2cc(F)cc(C)c2n1. The number of nitrogens with zero attached hydrogens (tertiary/aromatic N) is 1. The molecule has 0 aliphatic carbocycles. The lowest BCUT2D eigenvalue weighted by Gasteiger charge is -2.06. The molecule has 0 unspecified atom stereocenters. The molecule has 2 aromatic rings. The Morgan fingerprint density at radius 1 is 0.938 bits per heavy atom. The van der Waals surface area contributed by atoms with Crippen molar-refractivity contribution in [2.45, 2.75) is 34.6 Å². The maximum atomic E-state index is 13.2. The molecule has 0 radical (unpaired) electrons. The van der Waals surface area contributed by atoms with E-state index in [1.165, 1.54) is 6.07 Å². The molecule has 0 fully saturated rings. The van der Waals surface area contributed by atoms with E-state index < -0.39 is 0 Å². The van der Waals surface area contributed by atoms with Gasteiger partial charge >= 0.3 is 0 Å². The van der Waals surface area contributed by atoms with Gasteiger partial charge in [-0.05, 0) is 50.1 Å². The molecule has 0 amide bonds. The lowest BCUT2D eigenvalue weighted by atomic mass is 10.1. The number of hydrogen-bond acceptors (Lipinski definition) is 1. The van der Waals surface area contributed by atoms with Crippen LogP contribution < -0.4 is 0 Å². The van der Waals surface area contributed by atoms with E-state index in [9.17, 15) is 4.39 Å². The van der Waals surface area contributed by atoms with Gasteiger partial charge in [-0.15, -0.1) is 0 Å². The van der Waals surface area contributed by atoms with Crippen molar-refractivity contribution < 1.29 is 4.39 Å². The van der Waals surface area contributed by atoms with Gasteiger partial charge in [0.15, 0.2) is 0 Å². The summed E-state index contributed by atoms with van der Waals surface area (Å²) in [5, 5.41) is 0.910. The summed E-state index contributed by atoms with van der Waals surface area (Å²) in [6.45, 7) is 9.82. The number of rotatable bonds is 0. The van der Waals surface area contributed by atoms with Crippen LogP contribution in [0.3, 0.4) is 0 Å². The summed E-state index contributed by atoms with van der Waals surface area (Å²) in [4.78, 5) is 4.41. The molecule has 2 rings (SSSR count). The molecule has 1 nitrogen and oxygen atoms in total. The minimum Gasteiger partial charge on any atom is -0.253 e. The van der Waals surface area contributed by atoms with Crippen molar-refractivity contribution in [3.8, 4) is 0 Å². The fraction of sp³-hybridized carbons (Fsp3) is 0.357. The lowest BCUT2D eigenvalue weighted by molar-refractivity contribution is 0.628. The number of fused-ring (bicyclic) bond motifs is 1. The molecule has 0 aliphatic rings. The van der Waals surface area contributed by atoms with Crippen LogP contribution in [0.5, 0.6) is 0 Å². The van der Waals surface area contributed by atoms with Crippen LogP contribution in [0.4, 0.5) is 4.39 Å². The van der Waals surface area contributed by atoms with Gasteiger partial charge in [0.2, 0.25) is 0 Å². The van der Waals surface area contributed by atoms with Crippen LogP contribution in [0.15, 0.2) is 18.2 Å². The molecular weight excluding hydrogens is 201 g/mol. The van der Waals surface area contributed by atoms with Gasteiger partial charge in [-0.1, -0.05) is 13.8 Å². The van der Waals surface area contributed by atoms with Gasteiger partial charge in [0, 0.05) is 11.1 Å². The smallest absolute Gasteiger partial charge is 0.124 e. The zero-order valence-electron chi connectivity index (χ0n) is 10.6. The molecular formula is C14H18FN. The van der Waals surface area contributed by atoms with E-state index in [1.807, 2.05) is 40.7 Å². The third kappa shape index (κ3) is 2.38. The molecule has 1 heterocycles. The Morgan fingerprint density at radius 2 is 1.56 bits per heavy atom. The second-order valence-corrected chi connectivity index (χ2v) is 3.70. The second kappa shape index (κ2) is 5.06. The first kappa shape index (κ1) is 12.6. The van der Waals surface area contributed by atoms with E-state index in [0.29, 0.717) is 0 Å². The van der Waals surface area contributed by atoms with Gasteiger partial charge in [0.25, 0.3) is 0 Å². The fourth-order valence-corrected chi connectivity index (χ4v) is 1.78. The summed E-state index contributed by atoms with van der Waals surface area (Å²) in [5.74, 6) is -0.191. The van der Waals surface area contributed by atoms with Crippen molar-refractivity contribution in [3.05, 3.63) is 40.8 Å². The van der Waals surface area contributed by atoms with Gasteiger partial charge in [-0.25, -0.2) is 4.39 Å². The van der Waals surface area contributed by atoms with Crippen LogP contribution >= 0.6 is 0 Å². The molecule has 86 valence electrons. The van der Waals surface area contributed by atoms with Crippen molar-refractivity contribution in [1.82, 2.24) is 4.98 Å². The van der Waals surface area contributed by atoms with Crippen LogP contribution in [0.1, 0.15) is 30.7 Å². The lowest BCUT2D eigenvalue weighted by Crippen LogP contribution is -1.91. The first-order valence-corrected chi connectivity index (χ1v) is 5.62. The predicted octanol–water partition coefficient (Wildman–Crippen LogP) is 4.33. The fourth-order valence-electron chi connectivity index (χ4n) is 1.78. The summed E-state index contributed by atoms with van der Waals surface area (Å²) in [5.41, 5.74) is 3.86. The molecule has 0 aliphatic heterocycles. The predicted molar refractivity (Wildman–Crippen MR) is 67.3 cm³/mol. The Kier molecular flexibility index (Phi) is 3.99. The zero-order chi connectivity index (χ0) is 12.3. The van der Waals surface area contributed by atoms with E-state index in [-0.39, 0.29) is 5.82 Å². The van der Waals surface area contributed by atoms with Crippen molar-refractivity contribution in [2.24, 2.45) is 0 Å². The standard InChI is InChI=1S/C12H12FN.C2H6/c1-7-4-9(3)14-12-8(2)5-10(13)6-11(7)12;1-2/h4-6H,1-3H3;1-2H3. The average molecular weight is 219 g/mol. The summed E-state index contributed by atoms with van der Waals surface area (Å²) in [7, 11) is 0. The summed E-state index contributed by atoms with van der Waals surface area (Å²) in [6.07, 6.45) is 0. The Labute approximate surface area is 96.3 Å². The van der Waals surface area contributed by atoms with Crippen LogP contribution in [-0.4, -0.2) is 4.98 Å². The summed E-state index contributed by atoms with van der Waals surface area (Å²) < 4.78 is 13.2. The molecule has 0 saturated carbocycles. The maximum absolute atomic E-state index is 13.2. The van der Waals surface area contributed by atoms with E-state index in [2.05, 4.69) is 4.98 Å². The van der Waals surface area contributed by atoms with Crippen molar-refractivity contribution in [1.29, 1.82) is 0 Å². The molecule has 0 saturated heterocycles. The highest BCUT2D eigenvalue weighted by atomic mass is 19.1. The Bertz CT molecular complexity index is 456. The van der Waals surface area contributed by atoms with Gasteiger partial charge in [0.05, 0.1) is 5.52 Å². The largest absolute Gasteiger partial charge is 0.253 e. The van der Waals surface area contributed by atoms with Crippen LogP contribution in [0.25, 0.3) is 10.9 Å². The van der Waals surface area contributed by atoms with E-state index in [0.717, 1.165) is 27.7 Å². The Balaban J connectivity index is 0.000000606. The van der Waals surface area contributed by atoms with E-state index in [4.69, 9.17) is 0 Å². The number of aromatic nitrogens is 1. The van der Waals surface area contributed by atoms with Crippen LogP contribution in [-0.2, 0) is 0 Å². The van der Waals surface area contributed by atoms with E-state index >= 15 is 0 Å². The quantitative estimate of drug-likeness (QED) is 0.642. The Morgan fingerprint density at radius 3 is 2.19 bits per heavy atom. The van der Waals surface area contributed by atoms with Crippen molar-refractivity contribution in [3.63, 3.8) is 0 Å². The summed E-state index contributed by atoms with van der Waals surface area (Å²) >= 11 is 0. The van der Waals surface area contributed by atoms with Crippen LogP contribution in [0.2, 0.25) is 0 Å². The first-order chi connectivity index (χ1) is 7.58. The number of halogens is 1. The highest BCUT2D eigenvalue weighted by Crippen LogP contribution is 2.22. The number of aryl methyl sites for hydroxylation is 3. The first-order valence-electron chi connectivity index (χ1n) is 5.62. The second-order valence-electron chi connectivity index (χ2n) is 3.70. The number of pyridine rings is 1. The molecule has 0 atom stereocenters. The number of benzene rings is 1. The number of hydrogen-bond donors (Lipinski definition) is 0. The molecule has 1 aromatic heterocycles. The summed E-state index contributed by atoms with van der Waals surface area (Å²) in [6, 6.07) is 5.04. The Hall–Kier alpha value is -1.44. The maximum Gasteiger partial charge on any atom is 0.124 e. The van der Waals surface area contributed by atoms with Gasteiger partial charge in [-0.3, -0.25) is 4.98 Å². The minimum absolute atomic E-state index is 0.191. The molecule has 16 heavy (non-hydrogen) atoms. The molecule has 1 aromatic carbocycles. The minimum atomic E-state index is -0.191. The molecule has 0 spiro atoms. The highest BCUT2D eigenvalue weighted by Gasteiger charge is 2.05. The topological polar surface area (TPSA) is 12.9 Å². The van der Waals surface area contributed by atoms with E-state index in [1.54, 1.807) is 6.07 Å². The monoisotopic (exact) mass is 219 g/mol. The van der Waals surface area contributed by atoms with Crippen LogP contribution in [0, 0.1) is 26.6 Å². The van der Waals surface area contributed by atoms with Gasteiger partial charge < -0.3 is 0 Å². The highest BCUT2D eigenvalue weighted by molar-refractivity contribution is 5.85. The third-order valence-electron chi connectivity index (χ3n) is 2.40. The van der Waals surface area contributed by atoms with Gasteiger partial charge in [0.1, 0.15) is 5.82 Å². The normalized spacial score (nSPS) is 9.88.